The van der Waals surface area contributed by atoms with Gasteiger partial charge in [-0.2, -0.15) is 0 Å². The summed E-state index contributed by atoms with van der Waals surface area (Å²) in [5.41, 5.74) is 1.90. The van der Waals surface area contributed by atoms with Crippen LogP contribution in [-0.2, 0) is 4.79 Å². The average molecular weight is 379 g/mol. The predicted molar refractivity (Wildman–Crippen MR) is 100 cm³/mol. The van der Waals surface area contributed by atoms with Crippen molar-refractivity contribution < 1.29 is 9.90 Å². The van der Waals surface area contributed by atoms with Crippen molar-refractivity contribution in [3.8, 4) is 5.75 Å². The molecule has 3 rings (SSSR count). The molecule has 2 N–H and O–H groups in total. The molecule has 0 aromatic heterocycles. The van der Waals surface area contributed by atoms with Crippen LogP contribution in [-0.4, -0.2) is 16.2 Å². The smallest absolute Gasteiger partial charge is 0.264 e. The zero-order chi connectivity index (χ0) is 17.3. The molecule has 2 aromatic rings. The highest BCUT2D eigenvalue weighted by Crippen LogP contribution is 2.34. The highest BCUT2D eigenvalue weighted by molar-refractivity contribution is 8.18. The Bertz CT molecular complexity index is 874. The van der Waals surface area contributed by atoms with E-state index in [4.69, 9.17) is 23.2 Å². The molecule has 0 bridgehead atoms. The summed E-state index contributed by atoms with van der Waals surface area (Å²) < 4.78 is 0. The number of thioether (sulfide) groups is 1. The Balaban J connectivity index is 1.91. The number of amides is 1. The first-order valence-electron chi connectivity index (χ1n) is 6.97. The topological polar surface area (TPSA) is 61.7 Å². The number of aromatic hydroxyl groups is 1. The summed E-state index contributed by atoms with van der Waals surface area (Å²) in [7, 11) is 0. The Morgan fingerprint density at radius 2 is 1.92 bits per heavy atom. The first kappa shape index (κ1) is 16.9. The van der Waals surface area contributed by atoms with Crippen molar-refractivity contribution in [2.24, 2.45) is 4.99 Å². The van der Waals surface area contributed by atoms with E-state index in [-0.39, 0.29) is 11.7 Å². The average Bonchev–Trinajstić information content (AvgIpc) is 2.86. The molecule has 24 heavy (non-hydrogen) atoms. The van der Waals surface area contributed by atoms with E-state index in [2.05, 4.69) is 10.3 Å². The Labute approximate surface area is 153 Å². The van der Waals surface area contributed by atoms with Gasteiger partial charge in [-0.25, -0.2) is 4.99 Å². The van der Waals surface area contributed by atoms with Gasteiger partial charge in [0.05, 0.1) is 4.91 Å². The van der Waals surface area contributed by atoms with Gasteiger partial charge in [0.1, 0.15) is 11.4 Å². The van der Waals surface area contributed by atoms with Crippen molar-refractivity contribution in [2.45, 2.75) is 6.92 Å². The van der Waals surface area contributed by atoms with Gasteiger partial charge in [-0.15, -0.1) is 0 Å². The lowest BCUT2D eigenvalue weighted by atomic mass is 10.2. The van der Waals surface area contributed by atoms with Gasteiger partial charge in [0, 0.05) is 15.6 Å². The maximum Gasteiger partial charge on any atom is 0.264 e. The van der Waals surface area contributed by atoms with E-state index in [1.54, 1.807) is 36.4 Å². The Morgan fingerprint density at radius 1 is 1.21 bits per heavy atom. The van der Waals surface area contributed by atoms with Crippen LogP contribution in [0.15, 0.2) is 46.3 Å². The van der Waals surface area contributed by atoms with Crippen LogP contribution in [0.1, 0.15) is 11.1 Å². The van der Waals surface area contributed by atoms with Gasteiger partial charge >= 0.3 is 0 Å². The molecular formula is C17H12Cl2N2O2S. The molecule has 1 saturated heterocycles. The lowest BCUT2D eigenvalue weighted by molar-refractivity contribution is -0.115. The fourth-order valence-corrected chi connectivity index (χ4v) is 3.42. The Morgan fingerprint density at radius 3 is 2.58 bits per heavy atom. The highest BCUT2D eigenvalue weighted by atomic mass is 35.5. The molecule has 1 heterocycles. The van der Waals surface area contributed by atoms with Gasteiger partial charge < -0.3 is 10.4 Å². The van der Waals surface area contributed by atoms with E-state index >= 15 is 0 Å². The summed E-state index contributed by atoms with van der Waals surface area (Å²) in [6.07, 6.45) is 1.63. The molecule has 0 atom stereocenters. The van der Waals surface area contributed by atoms with E-state index in [0.29, 0.717) is 31.4 Å². The van der Waals surface area contributed by atoms with Gasteiger partial charge in [-0.1, -0.05) is 35.3 Å². The summed E-state index contributed by atoms with van der Waals surface area (Å²) in [5.74, 6) is -0.231. The monoisotopic (exact) mass is 378 g/mol. The van der Waals surface area contributed by atoms with Gasteiger partial charge in [0.15, 0.2) is 5.17 Å². The maximum atomic E-state index is 12.1. The molecule has 7 heteroatoms. The van der Waals surface area contributed by atoms with Gasteiger partial charge in [-0.05, 0) is 54.6 Å². The van der Waals surface area contributed by atoms with Crippen molar-refractivity contribution in [1.82, 2.24) is 5.32 Å². The zero-order valence-corrected chi connectivity index (χ0v) is 14.8. The summed E-state index contributed by atoms with van der Waals surface area (Å²) in [6.45, 7) is 1.87. The van der Waals surface area contributed by atoms with Crippen molar-refractivity contribution in [3.63, 3.8) is 0 Å². The van der Waals surface area contributed by atoms with Gasteiger partial charge in [-0.3, -0.25) is 4.79 Å². The molecule has 0 spiro atoms. The fraction of sp³-hybridized carbons (Fsp3) is 0.0588. The number of phenolic OH excluding ortho intramolecular Hbond substituents is 1. The number of rotatable bonds is 2. The third kappa shape index (κ3) is 3.59. The first-order valence-corrected chi connectivity index (χ1v) is 8.54. The molecular weight excluding hydrogens is 367 g/mol. The summed E-state index contributed by atoms with van der Waals surface area (Å²) in [4.78, 5) is 16.8. The zero-order valence-electron chi connectivity index (χ0n) is 12.5. The minimum atomic E-state index is -0.290. The third-order valence-corrected chi connectivity index (χ3v) is 4.85. The van der Waals surface area contributed by atoms with Crippen LogP contribution in [0, 0.1) is 6.92 Å². The van der Waals surface area contributed by atoms with E-state index in [9.17, 15) is 9.90 Å². The van der Waals surface area contributed by atoms with Gasteiger partial charge in [0.2, 0.25) is 0 Å². The SMILES string of the molecule is Cc1ccc(N=C2NC(=O)/C(=C/c3c(Cl)cccc3Cl)S2)c(O)c1. The molecule has 1 aliphatic rings. The molecule has 4 nitrogen and oxygen atoms in total. The Kier molecular flexibility index (Phi) is 4.85. The molecule has 0 radical (unpaired) electrons. The number of benzene rings is 2. The number of amidine groups is 1. The van der Waals surface area contributed by atoms with Crippen LogP contribution in [0.5, 0.6) is 5.75 Å². The number of carbonyl (C=O) groups is 1. The molecule has 1 fully saturated rings. The minimum Gasteiger partial charge on any atom is -0.506 e. The van der Waals surface area contributed by atoms with E-state index in [1.807, 2.05) is 13.0 Å². The lowest BCUT2D eigenvalue weighted by Gasteiger charge is -2.01. The molecule has 122 valence electrons. The van der Waals surface area contributed by atoms with Crippen LogP contribution in [0.25, 0.3) is 6.08 Å². The molecule has 1 amide bonds. The number of hydrogen-bond donors (Lipinski definition) is 2. The fourth-order valence-electron chi connectivity index (χ4n) is 2.10. The summed E-state index contributed by atoms with van der Waals surface area (Å²) in [6, 6.07) is 10.3. The predicted octanol–water partition coefficient (Wildman–Crippen LogP) is 4.90. The Hall–Kier alpha value is -1.95. The minimum absolute atomic E-state index is 0.0592. The van der Waals surface area contributed by atoms with Crippen molar-refractivity contribution in [2.75, 3.05) is 0 Å². The lowest BCUT2D eigenvalue weighted by Crippen LogP contribution is -2.19. The maximum absolute atomic E-state index is 12.1. The van der Waals surface area contributed by atoms with Crippen LogP contribution in [0.4, 0.5) is 5.69 Å². The summed E-state index contributed by atoms with van der Waals surface area (Å²) in [5, 5.41) is 13.9. The standard InChI is InChI=1S/C17H12Cl2N2O2S/c1-9-5-6-13(14(22)7-9)20-17-21-16(23)15(24-17)8-10-11(18)3-2-4-12(10)19/h2-8,22H,1H3,(H,20,21,23)/b15-8-. The molecule has 0 saturated carbocycles. The van der Waals surface area contributed by atoms with Gasteiger partial charge in [0.25, 0.3) is 5.91 Å². The second kappa shape index (κ2) is 6.89. The molecule has 1 aliphatic heterocycles. The van der Waals surface area contributed by atoms with Crippen molar-refractivity contribution in [1.29, 1.82) is 0 Å². The van der Waals surface area contributed by atoms with Crippen LogP contribution >= 0.6 is 35.0 Å². The third-order valence-electron chi connectivity index (χ3n) is 3.28. The normalized spacial score (nSPS) is 17.5. The van der Waals surface area contributed by atoms with E-state index < -0.39 is 0 Å². The van der Waals surface area contributed by atoms with Crippen LogP contribution < -0.4 is 5.32 Å². The number of aliphatic imine (C=N–C) groups is 1. The molecule has 2 aromatic carbocycles. The number of nitrogens with one attached hydrogen (secondary N) is 1. The number of carbonyl (C=O) groups excluding carboxylic acids is 1. The quantitative estimate of drug-likeness (QED) is 0.730. The highest BCUT2D eigenvalue weighted by Gasteiger charge is 2.24. The number of phenols is 1. The first-order chi connectivity index (χ1) is 11.4. The summed E-state index contributed by atoms with van der Waals surface area (Å²) >= 11 is 13.4. The van der Waals surface area contributed by atoms with Crippen molar-refractivity contribution in [3.05, 3.63) is 62.5 Å². The number of aryl methyl sites for hydroxylation is 1. The largest absolute Gasteiger partial charge is 0.506 e. The number of nitrogens with zero attached hydrogens (tertiary/aromatic N) is 1. The van der Waals surface area contributed by atoms with Crippen LogP contribution in [0.2, 0.25) is 10.0 Å². The van der Waals surface area contributed by atoms with Crippen LogP contribution in [0.3, 0.4) is 0 Å². The molecule has 0 unspecified atom stereocenters. The van der Waals surface area contributed by atoms with Crippen molar-refractivity contribution >= 4 is 57.8 Å². The number of halogens is 2. The molecule has 0 aliphatic carbocycles. The second-order valence-corrected chi connectivity index (χ2v) is 6.95. The van der Waals surface area contributed by atoms with E-state index in [1.165, 1.54) is 0 Å². The number of hydrogen-bond acceptors (Lipinski definition) is 4. The second-order valence-electron chi connectivity index (χ2n) is 5.11. The van der Waals surface area contributed by atoms with E-state index in [0.717, 1.165) is 17.3 Å².